The fourth-order valence-electron chi connectivity index (χ4n) is 1.28. The van der Waals surface area contributed by atoms with E-state index in [9.17, 15) is 4.79 Å². The molecule has 0 radical (unpaired) electrons. The Balaban J connectivity index is 2.68. The second-order valence-corrected chi connectivity index (χ2v) is 3.31. The van der Waals surface area contributed by atoms with Crippen LogP contribution >= 0.6 is 0 Å². The van der Waals surface area contributed by atoms with Crippen LogP contribution in [0.4, 0.5) is 0 Å². The third-order valence-electron chi connectivity index (χ3n) is 2.09. The Morgan fingerprint density at radius 1 is 1.38 bits per heavy atom. The summed E-state index contributed by atoms with van der Waals surface area (Å²) in [6.45, 7) is 4.17. The van der Waals surface area contributed by atoms with Crippen molar-refractivity contribution in [2.24, 2.45) is 0 Å². The minimum absolute atomic E-state index is 0.131. The second-order valence-electron chi connectivity index (χ2n) is 3.31. The highest BCUT2D eigenvalue weighted by molar-refractivity contribution is 5.80. The number of hydrogen-bond donors (Lipinski definition) is 1. The van der Waals surface area contributed by atoms with Gasteiger partial charge in [-0.15, -0.1) is 0 Å². The molecular formula is C12H17NO3. The standard InChI is InChI=1S/C12H17NO3/c1-4-13-12(14)9(2)16-11-8-6-5-7-10(11)15-3/h5-9H,4H2,1-3H3,(H,13,14)/t9-/m1/s1. The fraction of sp³-hybridized carbons (Fsp3) is 0.417. The summed E-state index contributed by atoms with van der Waals surface area (Å²) in [5.41, 5.74) is 0. The monoisotopic (exact) mass is 223 g/mol. The number of carbonyl (C=O) groups excluding carboxylic acids is 1. The van der Waals surface area contributed by atoms with Gasteiger partial charge in [0.2, 0.25) is 0 Å². The van der Waals surface area contributed by atoms with Gasteiger partial charge in [0.15, 0.2) is 17.6 Å². The van der Waals surface area contributed by atoms with Gasteiger partial charge in [0.25, 0.3) is 5.91 Å². The Morgan fingerprint density at radius 2 is 2.00 bits per heavy atom. The van der Waals surface area contributed by atoms with E-state index in [4.69, 9.17) is 9.47 Å². The van der Waals surface area contributed by atoms with Crippen molar-refractivity contribution in [3.63, 3.8) is 0 Å². The van der Waals surface area contributed by atoms with Gasteiger partial charge in [0, 0.05) is 6.54 Å². The van der Waals surface area contributed by atoms with Crippen molar-refractivity contribution in [3.05, 3.63) is 24.3 Å². The average Bonchev–Trinajstić information content (AvgIpc) is 2.30. The number of nitrogens with one attached hydrogen (secondary N) is 1. The summed E-state index contributed by atoms with van der Waals surface area (Å²) >= 11 is 0. The highest BCUT2D eigenvalue weighted by Crippen LogP contribution is 2.26. The molecule has 0 aliphatic rings. The van der Waals surface area contributed by atoms with Crippen LogP contribution in [-0.2, 0) is 4.79 Å². The molecule has 1 aromatic rings. The van der Waals surface area contributed by atoms with Gasteiger partial charge < -0.3 is 14.8 Å². The SMILES string of the molecule is CCNC(=O)[C@@H](C)Oc1ccccc1OC. The average molecular weight is 223 g/mol. The smallest absolute Gasteiger partial charge is 0.260 e. The maximum atomic E-state index is 11.5. The molecule has 1 amide bonds. The third-order valence-corrected chi connectivity index (χ3v) is 2.09. The van der Waals surface area contributed by atoms with Crippen LogP contribution < -0.4 is 14.8 Å². The summed E-state index contributed by atoms with van der Waals surface area (Å²) in [6.07, 6.45) is -0.531. The third kappa shape index (κ3) is 3.15. The largest absolute Gasteiger partial charge is 0.493 e. The molecule has 4 heteroatoms. The molecule has 0 spiro atoms. The van der Waals surface area contributed by atoms with Crippen LogP contribution in [0.3, 0.4) is 0 Å². The molecule has 0 unspecified atom stereocenters. The predicted octanol–water partition coefficient (Wildman–Crippen LogP) is 1.60. The van der Waals surface area contributed by atoms with E-state index in [0.717, 1.165) is 0 Å². The number of para-hydroxylation sites is 2. The van der Waals surface area contributed by atoms with Gasteiger partial charge in [-0.25, -0.2) is 0 Å². The molecule has 0 saturated carbocycles. The molecule has 1 rings (SSSR count). The summed E-state index contributed by atoms with van der Waals surface area (Å²) in [4.78, 5) is 11.5. The molecule has 0 aliphatic heterocycles. The zero-order valence-corrected chi connectivity index (χ0v) is 9.82. The van der Waals surface area contributed by atoms with Gasteiger partial charge in [-0.1, -0.05) is 12.1 Å². The first kappa shape index (κ1) is 12.4. The zero-order chi connectivity index (χ0) is 12.0. The first-order valence-electron chi connectivity index (χ1n) is 5.26. The molecule has 0 heterocycles. The normalized spacial score (nSPS) is 11.7. The van der Waals surface area contributed by atoms with E-state index in [0.29, 0.717) is 18.0 Å². The van der Waals surface area contributed by atoms with Gasteiger partial charge in [0.1, 0.15) is 0 Å². The topological polar surface area (TPSA) is 47.6 Å². The molecular weight excluding hydrogens is 206 g/mol. The van der Waals surface area contributed by atoms with E-state index >= 15 is 0 Å². The van der Waals surface area contributed by atoms with Crippen molar-refractivity contribution in [1.29, 1.82) is 0 Å². The van der Waals surface area contributed by atoms with Gasteiger partial charge in [-0.05, 0) is 26.0 Å². The van der Waals surface area contributed by atoms with Crippen molar-refractivity contribution < 1.29 is 14.3 Å². The molecule has 0 fully saturated rings. The van der Waals surface area contributed by atoms with Crippen LogP contribution in [-0.4, -0.2) is 25.7 Å². The van der Waals surface area contributed by atoms with E-state index in [2.05, 4.69) is 5.32 Å². The number of benzene rings is 1. The fourth-order valence-corrected chi connectivity index (χ4v) is 1.28. The first-order valence-corrected chi connectivity index (χ1v) is 5.26. The summed E-state index contributed by atoms with van der Waals surface area (Å²) in [7, 11) is 1.57. The van der Waals surface area contributed by atoms with Crippen LogP contribution in [0.2, 0.25) is 0 Å². The Bertz CT molecular complexity index is 352. The first-order chi connectivity index (χ1) is 7.69. The lowest BCUT2D eigenvalue weighted by atomic mass is 10.3. The molecule has 1 N–H and O–H groups in total. The van der Waals surface area contributed by atoms with Gasteiger partial charge in [-0.3, -0.25) is 4.79 Å². The highest BCUT2D eigenvalue weighted by Gasteiger charge is 2.15. The number of rotatable bonds is 5. The Kier molecular flexibility index (Phi) is 4.64. The Labute approximate surface area is 95.6 Å². The van der Waals surface area contributed by atoms with Crippen LogP contribution in [0.1, 0.15) is 13.8 Å². The molecule has 16 heavy (non-hydrogen) atoms. The molecule has 88 valence electrons. The highest BCUT2D eigenvalue weighted by atomic mass is 16.5. The van der Waals surface area contributed by atoms with Gasteiger partial charge >= 0.3 is 0 Å². The van der Waals surface area contributed by atoms with Crippen molar-refractivity contribution in [3.8, 4) is 11.5 Å². The van der Waals surface area contributed by atoms with E-state index < -0.39 is 6.10 Å². The van der Waals surface area contributed by atoms with E-state index in [1.807, 2.05) is 19.1 Å². The van der Waals surface area contributed by atoms with Crippen LogP contribution in [0.5, 0.6) is 11.5 Å². The lowest BCUT2D eigenvalue weighted by molar-refractivity contribution is -0.127. The molecule has 0 aromatic heterocycles. The van der Waals surface area contributed by atoms with Crippen molar-refractivity contribution in [1.82, 2.24) is 5.32 Å². The Hall–Kier alpha value is -1.71. The van der Waals surface area contributed by atoms with Crippen molar-refractivity contribution >= 4 is 5.91 Å². The lowest BCUT2D eigenvalue weighted by Crippen LogP contribution is -2.36. The molecule has 1 aromatic carbocycles. The predicted molar refractivity (Wildman–Crippen MR) is 61.8 cm³/mol. The van der Waals surface area contributed by atoms with Gasteiger partial charge in [-0.2, -0.15) is 0 Å². The quantitative estimate of drug-likeness (QED) is 0.824. The van der Waals surface area contributed by atoms with Gasteiger partial charge in [0.05, 0.1) is 7.11 Å². The maximum absolute atomic E-state index is 11.5. The molecule has 0 saturated heterocycles. The number of hydrogen-bond acceptors (Lipinski definition) is 3. The van der Waals surface area contributed by atoms with Crippen molar-refractivity contribution in [2.45, 2.75) is 20.0 Å². The van der Waals surface area contributed by atoms with E-state index in [1.165, 1.54) is 0 Å². The molecule has 4 nitrogen and oxygen atoms in total. The minimum atomic E-state index is -0.531. The molecule has 1 atom stereocenters. The zero-order valence-electron chi connectivity index (χ0n) is 9.82. The second kappa shape index (κ2) is 6.00. The number of ether oxygens (including phenoxy) is 2. The van der Waals surface area contributed by atoms with E-state index in [-0.39, 0.29) is 5.91 Å². The maximum Gasteiger partial charge on any atom is 0.260 e. The molecule has 0 bridgehead atoms. The van der Waals surface area contributed by atoms with Crippen LogP contribution in [0, 0.1) is 0 Å². The number of likely N-dealkylation sites (N-methyl/N-ethyl adjacent to an activating group) is 1. The summed E-state index contributed by atoms with van der Waals surface area (Å²) in [5.74, 6) is 1.07. The number of methoxy groups -OCH3 is 1. The lowest BCUT2D eigenvalue weighted by Gasteiger charge is -2.15. The van der Waals surface area contributed by atoms with Crippen LogP contribution in [0.15, 0.2) is 24.3 Å². The van der Waals surface area contributed by atoms with E-state index in [1.54, 1.807) is 26.2 Å². The van der Waals surface area contributed by atoms with Crippen LogP contribution in [0.25, 0.3) is 0 Å². The summed E-state index contributed by atoms with van der Waals surface area (Å²) < 4.78 is 10.6. The summed E-state index contributed by atoms with van der Waals surface area (Å²) in [6, 6.07) is 7.25. The number of amides is 1. The summed E-state index contributed by atoms with van der Waals surface area (Å²) in [5, 5.41) is 2.70. The van der Waals surface area contributed by atoms with Crippen molar-refractivity contribution in [2.75, 3.05) is 13.7 Å². The Morgan fingerprint density at radius 3 is 2.56 bits per heavy atom. The molecule has 0 aliphatic carbocycles. The number of carbonyl (C=O) groups is 1. The minimum Gasteiger partial charge on any atom is -0.493 e.